The van der Waals surface area contributed by atoms with Gasteiger partial charge in [-0.15, -0.1) is 0 Å². The lowest BCUT2D eigenvalue weighted by Crippen LogP contribution is -2.39. The molecular formula is C26H38N2O4. The second-order valence-electron chi connectivity index (χ2n) is 8.45. The third-order valence-electron chi connectivity index (χ3n) is 6.28. The van der Waals surface area contributed by atoms with Crippen LogP contribution in [0.25, 0.3) is 0 Å². The number of ether oxygens (including phenoxy) is 4. The van der Waals surface area contributed by atoms with E-state index in [0.29, 0.717) is 5.92 Å². The zero-order valence-electron chi connectivity index (χ0n) is 20.0. The summed E-state index contributed by atoms with van der Waals surface area (Å²) < 4.78 is 21.8. The minimum Gasteiger partial charge on any atom is -0.496 e. The summed E-state index contributed by atoms with van der Waals surface area (Å²) in [6.07, 6.45) is 2.43. The summed E-state index contributed by atoms with van der Waals surface area (Å²) in [5.74, 6) is 3.22. The van der Waals surface area contributed by atoms with Crippen molar-refractivity contribution < 1.29 is 18.9 Å². The summed E-state index contributed by atoms with van der Waals surface area (Å²) in [5.41, 5.74) is 2.50. The molecule has 0 spiro atoms. The number of piperidine rings is 1. The Morgan fingerprint density at radius 2 is 1.59 bits per heavy atom. The van der Waals surface area contributed by atoms with E-state index >= 15 is 0 Å². The first-order valence-corrected chi connectivity index (χ1v) is 11.4. The van der Waals surface area contributed by atoms with Crippen LogP contribution in [-0.2, 0) is 17.8 Å². The summed E-state index contributed by atoms with van der Waals surface area (Å²) in [4.78, 5) is 5.05. The molecule has 0 atom stereocenters. The first-order valence-electron chi connectivity index (χ1n) is 11.4. The molecule has 0 saturated carbocycles. The van der Waals surface area contributed by atoms with E-state index < -0.39 is 0 Å². The first kappa shape index (κ1) is 24.4. The van der Waals surface area contributed by atoms with Crippen LogP contribution < -0.4 is 14.2 Å². The number of rotatable bonds is 12. The van der Waals surface area contributed by atoms with Gasteiger partial charge in [0.05, 0.1) is 27.9 Å². The average Bonchev–Trinajstić information content (AvgIpc) is 2.84. The van der Waals surface area contributed by atoms with Crippen LogP contribution in [0, 0.1) is 5.92 Å². The largest absolute Gasteiger partial charge is 0.496 e. The van der Waals surface area contributed by atoms with Gasteiger partial charge < -0.3 is 18.9 Å². The van der Waals surface area contributed by atoms with Crippen LogP contribution in [0.1, 0.15) is 24.0 Å². The highest BCUT2D eigenvalue weighted by Gasteiger charge is 2.22. The van der Waals surface area contributed by atoms with E-state index in [0.717, 1.165) is 63.1 Å². The van der Waals surface area contributed by atoms with Gasteiger partial charge in [-0.05, 0) is 55.6 Å². The number of hydrogen-bond donors (Lipinski definition) is 0. The lowest BCUT2D eigenvalue weighted by atomic mass is 9.95. The molecule has 1 heterocycles. The van der Waals surface area contributed by atoms with Crippen molar-refractivity contribution in [1.82, 2.24) is 9.80 Å². The van der Waals surface area contributed by atoms with Crippen molar-refractivity contribution >= 4 is 0 Å². The summed E-state index contributed by atoms with van der Waals surface area (Å²) >= 11 is 0. The maximum Gasteiger partial charge on any atom is 0.161 e. The molecule has 2 aromatic carbocycles. The normalized spacial score (nSPS) is 15.2. The van der Waals surface area contributed by atoms with E-state index in [1.807, 2.05) is 18.2 Å². The fourth-order valence-corrected chi connectivity index (χ4v) is 4.46. The third-order valence-corrected chi connectivity index (χ3v) is 6.28. The third kappa shape index (κ3) is 6.86. The molecule has 0 N–H and O–H groups in total. The Bertz CT molecular complexity index is 821. The second-order valence-corrected chi connectivity index (χ2v) is 8.45. The minimum atomic E-state index is 0.695. The van der Waals surface area contributed by atoms with Gasteiger partial charge in [-0.25, -0.2) is 0 Å². The van der Waals surface area contributed by atoms with Crippen LogP contribution in [-0.4, -0.2) is 71.0 Å². The van der Waals surface area contributed by atoms with Crippen LogP contribution in [0.4, 0.5) is 0 Å². The van der Waals surface area contributed by atoms with Gasteiger partial charge in [-0.2, -0.15) is 0 Å². The van der Waals surface area contributed by atoms with Gasteiger partial charge in [0.15, 0.2) is 11.5 Å². The molecule has 2 aromatic rings. The Morgan fingerprint density at radius 1 is 0.875 bits per heavy atom. The van der Waals surface area contributed by atoms with Crippen molar-refractivity contribution in [3.05, 3.63) is 53.6 Å². The lowest BCUT2D eigenvalue weighted by molar-refractivity contribution is 0.106. The van der Waals surface area contributed by atoms with E-state index in [1.54, 1.807) is 28.4 Å². The van der Waals surface area contributed by atoms with Gasteiger partial charge in [0.1, 0.15) is 5.75 Å². The lowest BCUT2D eigenvalue weighted by Gasteiger charge is -2.35. The number of para-hydroxylation sites is 1. The topological polar surface area (TPSA) is 43.4 Å². The van der Waals surface area contributed by atoms with Gasteiger partial charge in [-0.3, -0.25) is 9.80 Å². The molecule has 1 saturated heterocycles. The highest BCUT2D eigenvalue weighted by molar-refractivity contribution is 5.42. The fourth-order valence-electron chi connectivity index (χ4n) is 4.46. The molecule has 0 radical (unpaired) electrons. The van der Waals surface area contributed by atoms with Crippen LogP contribution in [0.2, 0.25) is 0 Å². The van der Waals surface area contributed by atoms with Crippen LogP contribution >= 0.6 is 0 Å². The van der Waals surface area contributed by atoms with Gasteiger partial charge in [0, 0.05) is 38.9 Å². The van der Waals surface area contributed by atoms with Crippen molar-refractivity contribution in [1.29, 1.82) is 0 Å². The van der Waals surface area contributed by atoms with Crippen LogP contribution in [0.15, 0.2) is 42.5 Å². The van der Waals surface area contributed by atoms with E-state index in [2.05, 4.69) is 34.1 Å². The molecule has 3 rings (SSSR count). The summed E-state index contributed by atoms with van der Waals surface area (Å²) in [6.45, 7) is 6.82. The highest BCUT2D eigenvalue weighted by Crippen LogP contribution is 2.29. The number of hydrogen-bond acceptors (Lipinski definition) is 6. The number of methoxy groups -OCH3 is 4. The average molecular weight is 443 g/mol. The number of likely N-dealkylation sites (tertiary alicyclic amines) is 1. The summed E-state index contributed by atoms with van der Waals surface area (Å²) in [5, 5.41) is 0. The second kappa shape index (κ2) is 12.7. The fraction of sp³-hybridized carbons (Fsp3) is 0.538. The highest BCUT2D eigenvalue weighted by atomic mass is 16.5. The van der Waals surface area contributed by atoms with Gasteiger partial charge >= 0.3 is 0 Å². The zero-order valence-corrected chi connectivity index (χ0v) is 20.0. The van der Waals surface area contributed by atoms with Crippen LogP contribution in [0.5, 0.6) is 17.2 Å². The minimum absolute atomic E-state index is 0.695. The van der Waals surface area contributed by atoms with Crippen molar-refractivity contribution in [2.45, 2.75) is 25.9 Å². The summed E-state index contributed by atoms with van der Waals surface area (Å²) in [7, 11) is 6.87. The molecule has 0 bridgehead atoms. The number of nitrogens with zero attached hydrogens (tertiary/aromatic N) is 2. The Kier molecular flexibility index (Phi) is 9.65. The van der Waals surface area contributed by atoms with E-state index in [9.17, 15) is 0 Å². The standard InChI is InChI=1S/C26H38N2O4/c1-29-16-15-28(19-22-9-10-25(31-3)26(17-22)32-4)18-21-11-13-27(14-12-21)20-23-7-5-6-8-24(23)30-2/h5-10,17,21H,11-16,18-20H2,1-4H3. The molecule has 0 aliphatic carbocycles. The molecule has 0 aromatic heterocycles. The predicted molar refractivity (Wildman–Crippen MR) is 128 cm³/mol. The van der Waals surface area contributed by atoms with Crippen molar-refractivity contribution in [3.63, 3.8) is 0 Å². The zero-order chi connectivity index (χ0) is 22.8. The molecule has 6 nitrogen and oxygen atoms in total. The predicted octanol–water partition coefficient (Wildman–Crippen LogP) is 4.07. The molecule has 176 valence electrons. The van der Waals surface area contributed by atoms with E-state index in [-0.39, 0.29) is 0 Å². The van der Waals surface area contributed by atoms with Crippen molar-refractivity contribution in [2.24, 2.45) is 5.92 Å². The maximum absolute atomic E-state index is 5.52. The maximum atomic E-state index is 5.52. The molecular weight excluding hydrogens is 404 g/mol. The van der Waals surface area contributed by atoms with Crippen LogP contribution in [0.3, 0.4) is 0 Å². The Labute approximate surface area is 193 Å². The van der Waals surface area contributed by atoms with Gasteiger partial charge in [0.2, 0.25) is 0 Å². The SMILES string of the molecule is COCCN(Cc1ccc(OC)c(OC)c1)CC1CCN(Cc2ccccc2OC)CC1. The molecule has 0 unspecified atom stereocenters. The molecule has 6 heteroatoms. The van der Waals surface area contributed by atoms with Gasteiger partial charge in [-0.1, -0.05) is 24.3 Å². The quantitative estimate of drug-likeness (QED) is 0.494. The van der Waals surface area contributed by atoms with Gasteiger partial charge in [0.25, 0.3) is 0 Å². The number of benzene rings is 2. The first-order chi connectivity index (χ1) is 15.7. The monoisotopic (exact) mass is 442 g/mol. The Balaban J connectivity index is 1.55. The smallest absolute Gasteiger partial charge is 0.161 e. The van der Waals surface area contributed by atoms with E-state index in [1.165, 1.54) is 24.0 Å². The molecule has 32 heavy (non-hydrogen) atoms. The Morgan fingerprint density at radius 3 is 2.28 bits per heavy atom. The molecule has 1 aliphatic rings. The molecule has 1 fully saturated rings. The van der Waals surface area contributed by atoms with Crippen molar-refractivity contribution in [2.75, 3.05) is 61.2 Å². The van der Waals surface area contributed by atoms with E-state index in [4.69, 9.17) is 18.9 Å². The molecule has 1 aliphatic heterocycles. The Hall–Kier alpha value is -2.28. The summed E-state index contributed by atoms with van der Waals surface area (Å²) in [6, 6.07) is 14.5. The van der Waals surface area contributed by atoms with Crippen molar-refractivity contribution in [3.8, 4) is 17.2 Å². The molecule has 0 amide bonds.